The molecule has 3 N–H and O–H groups in total. The molecule has 5 saturated carbocycles. The molecular weight excluding hydrogens is 376 g/mol. The first-order chi connectivity index (χ1) is 13.5. The van der Waals surface area contributed by atoms with E-state index >= 15 is 0 Å². The number of carbonyl (C=O) groups excluding carboxylic acids is 1. The number of hydrogen-bond acceptors (Lipinski definition) is 4. The summed E-state index contributed by atoms with van der Waals surface area (Å²) in [5.74, 6) is 4.03. The molecule has 1 aromatic rings. The lowest BCUT2D eigenvalue weighted by Gasteiger charge is -2.58. The average molecular weight is 405 g/mol. The Kier molecular flexibility index (Phi) is 4.51. The van der Waals surface area contributed by atoms with Gasteiger partial charge in [0.05, 0.1) is 12.1 Å². The van der Waals surface area contributed by atoms with Crippen LogP contribution in [0.5, 0.6) is 11.5 Å². The second-order valence-corrected chi connectivity index (χ2v) is 9.77. The molecule has 5 aliphatic carbocycles. The lowest BCUT2D eigenvalue weighted by molar-refractivity contribution is -0.119. The van der Waals surface area contributed by atoms with Crippen LogP contribution < -0.4 is 20.5 Å². The van der Waals surface area contributed by atoms with Crippen molar-refractivity contribution in [1.82, 2.24) is 5.32 Å². The molecule has 6 atom stereocenters. The van der Waals surface area contributed by atoms with Crippen molar-refractivity contribution >= 4 is 17.5 Å². The lowest BCUT2D eigenvalue weighted by atomic mass is 9.47. The van der Waals surface area contributed by atoms with Gasteiger partial charge in [0.25, 0.3) is 5.91 Å². The van der Waals surface area contributed by atoms with E-state index < -0.39 is 5.91 Å². The molecule has 0 aliphatic heterocycles. The summed E-state index contributed by atoms with van der Waals surface area (Å²) in [5.41, 5.74) is 6.97. The molecule has 28 heavy (non-hydrogen) atoms. The Balaban J connectivity index is 1.30. The van der Waals surface area contributed by atoms with Crippen LogP contribution in [0.1, 0.15) is 44.1 Å². The van der Waals surface area contributed by atoms with Crippen molar-refractivity contribution in [3.8, 4) is 11.5 Å². The number of fused-ring (bicyclic) bond motifs is 1. The molecule has 1 spiro atoms. The quantitative estimate of drug-likeness (QED) is 0.729. The molecule has 0 aromatic heterocycles. The Labute approximate surface area is 171 Å². The summed E-state index contributed by atoms with van der Waals surface area (Å²) in [4.78, 5) is 11.0. The summed E-state index contributed by atoms with van der Waals surface area (Å²) in [6.07, 6.45) is 8.65. The van der Waals surface area contributed by atoms with Crippen LogP contribution in [0.4, 0.5) is 0 Å². The summed E-state index contributed by atoms with van der Waals surface area (Å²) < 4.78 is 10.9. The zero-order valence-electron chi connectivity index (χ0n) is 16.4. The van der Waals surface area contributed by atoms with Gasteiger partial charge in [-0.05, 0) is 85.3 Å². The van der Waals surface area contributed by atoms with Crippen LogP contribution in [-0.4, -0.2) is 25.7 Å². The molecule has 0 saturated heterocycles. The molecule has 5 nitrogen and oxygen atoms in total. The lowest BCUT2D eigenvalue weighted by Crippen LogP contribution is -2.51. The first kappa shape index (κ1) is 18.6. The number of halogens is 1. The molecule has 152 valence electrons. The van der Waals surface area contributed by atoms with Crippen LogP contribution in [0.15, 0.2) is 12.1 Å². The highest BCUT2D eigenvalue weighted by Crippen LogP contribution is 2.72. The van der Waals surface area contributed by atoms with Crippen molar-refractivity contribution < 1.29 is 14.3 Å². The smallest absolute Gasteiger partial charge is 0.255 e. The van der Waals surface area contributed by atoms with E-state index in [9.17, 15) is 4.79 Å². The topological polar surface area (TPSA) is 73.6 Å². The molecule has 1 amide bonds. The highest BCUT2D eigenvalue weighted by Gasteiger charge is 2.65. The van der Waals surface area contributed by atoms with Crippen LogP contribution in [0.2, 0.25) is 5.02 Å². The third-order valence-electron chi connectivity index (χ3n) is 8.20. The molecule has 6 heteroatoms. The molecular formula is C22H29ClN2O3. The number of benzene rings is 1. The largest absolute Gasteiger partial charge is 0.493 e. The van der Waals surface area contributed by atoms with E-state index in [1.807, 2.05) is 12.1 Å². The highest BCUT2D eigenvalue weighted by molar-refractivity contribution is 6.32. The Morgan fingerprint density at radius 1 is 1.29 bits per heavy atom. The number of nitrogens with one attached hydrogen (secondary N) is 1. The summed E-state index contributed by atoms with van der Waals surface area (Å²) in [7, 11) is 1.58. The third-order valence-corrected chi connectivity index (χ3v) is 8.48. The number of nitrogens with two attached hydrogens (primary N) is 1. The molecule has 5 aliphatic rings. The van der Waals surface area contributed by atoms with Crippen LogP contribution in [0.3, 0.4) is 0 Å². The first-order valence-corrected chi connectivity index (χ1v) is 10.9. The van der Waals surface area contributed by atoms with Crippen molar-refractivity contribution in [3.05, 3.63) is 22.7 Å². The minimum absolute atomic E-state index is 0.219. The molecule has 0 heterocycles. The van der Waals surface area contributed by atoms with Crippen molar-refractivity contribution in [2.75, 3.05) is 13.7 Å². The van der Waals surface area contributed by atoms with Gasteiger partial charge in [-0.1, -0.05) is 11.6 Å². The second kappa shape index (κ2) is 6.81. The fourth-order valence-corrected chi connectivity index (χ4v) is 7.37. The summed E-state index contributed by atoms with van der Waals surface area (Å²) in [5, 5.41) is 4.33. The molecule has 5 fully saturated rings. The monoisotopic (exact) mass is 404 g/mol. The molecule has 6 rings (SSSR count). The number of primary amides is 1. The van der Waals surface area contributed by atoms with Gasteiger partial charge in [-0.3, -0.25) is 4.79 Å². The third kappa shape index (κ3) is 2.81. The number of ether oxygens (including phenoxy) is 2. The van der Waals surface area contributed by atoms with E-state index in [-0.39, 0.29) is 6.61 Å². The van der Waals surface area contributed by atoms with E-state index in [1.54, 1.807) is 7.11 Å². The van der Waals surface area contributed by atoms with Gasteiger partial charge in [-0.2, -0.15) is 0 Å². The summed E-state index contributed by atoms with van der Waals surface area (Å²) in [6.45, 7) is 0.551. The normalized spacial score (nSPS) is 37.3. The van der Waals surface area contributed by atoms with Crippen molar-refractivity contribution in [1.29, 1.82) is 0 Å². The standard InChI is InChI=1S/C22H29ClN2O3/c1-27-18-5-12(4-17(23)21(18)28-11-19(24)26)10-25-20-13-2-3-22-9-14(20)7-16(22)8-15(22)6-13/h4-5,13-16,20,25H,2-3,6-11H2,1H3,(H2,24,26). The minimum Gasteiger partial charge on any atom is -0.493 e. The first-order valence-electron chi connectivity index (χ1n) is 10.5. The number of rotatable bonds is 7. The number of hydrogen-bond donors (Lipinski definition) is 2. The highest BCUT2D eigenvalue weighted by atomic mass is 35.5. The van der Waals surface area contributed by atoms with E-state index in [0.29, 0.717) is 22.6 Å². The fourth-order valence-electron chi connectivity index (χ4n) is 7.08. The Hall–Kier alpha value is -1.46. The van der Waals surface area contributed by atoms with E-state index in [0.717, 1.165) is 41.2 Å². The van der Waals surface area contributed by atoms with Crippen molar-refractivity contribution in [2.45, 2.75) is 51.1 Å². The predicted octanol–water partition coefficient (Wildman–Crippen LogP) is 3.52. The molecule has 3 bridgehead atoms. The predicted molar refractivity (Wildman–Crippen MR) is 107 cm³/mol. The van der Waals surface area contributed by atoms with E-state index in [1.165, 1.54) is 38.5 Å². The zero-order valence-corrected chi connectivity index (χ0v) is 17.1. The number of carbonyl (C=O) groups is 1. The van der Waals surface area contributed by atoms with Gasteiger partial charge >= 0.3 is 0 Å². The molecule has 6 unspecified atom stereocenters. The summed E-state index contributed by atoms with van der Waals surface area (Å²) >= 11 is 6.41. The van der Waals surface area contributed by atoms with Crippen LogP contribution in [0, 0.1) is 29.1 Å². The zero-order chi connectivity index (χ0) is 19.5. The Bertz CT molecular complexity index is 800. The second-order valence-electron chi connectivity index (χ2n) is 9.37. The van der Waals surface area contributed by atoms with Gasteiger partial charge < -0.3 is 20.5 Å². The van der Waals surface area contributed by atoms with E-state index in [2.05, 4.69) is 5.32 Å². The average Bonchev–Trinajstić information content (AvgIpc) is 2.78. The maximum Gasteiger partial charge on any atom is 0.255 e. The van der Waals surface area contributed by atoms with Crippen LogP contribution in [0.25, 0.3) is 0 Å². The maximum absolute atomic E-state index is 11.0. The molecule has 1 aromatic carbocycles. The van der Waals surface area contributed by atoms with E-state index in [4.69, 9.17) is 26.8 Å². The fraction of sp³-hybridized carbons (Fsp3) is 0.682. The maximum atomic E-state index is 11.0. The van der Waals surface area contributed by atoms with Crippen molar-refractivity contribution in [2.24, 2.45) is 34.8 Å². The van der Waals surface area contributed by atoms with Gasteiger partial charge in [-0.25, -0.2) is 0 Å². The van der Waals surface area contributed by atoms with Gasteiger partial charge in [-0.15, -0.1) is 0 Å². The van der Waals surface area contributed by atoms with Crippen LogP contribution in [-0.2, 0) is 11.3 Å². The van der Waals surface area contributed by atoms with Gasteiger partial charge in [0.2, 0.25) is 0 Å². The number of amides is 1. The van der Waals surface area contributed by atoms with Gasteiger partial charge in [0, 0.05) is 12.6 Å². The van der Waals surface area contributed by atoms with Gasteiger partial charge in [0.1, 0.15) is 0 Å². The SMILES string of the molecule is COc1cc(CNC2C3CCC45CC2CC4CC5C3)cc(Cl)c1OCC(N)=O. The summed E-state index contributed by atoms with van der Waals surface area (Å²) in [6, 6.07) is 4.46. The van der Waals surface area contributed by atoms with Crippen molar-refractivity contribution in [3.63, 3.8) is 0 Å². The Morgan fingerprint density at radius 2 is 2.07 bits per heavy atom. The van der Waals surface area contributed by atoms with Crippen LogP contribution >= 0.6 is 11.6 Å². The Morgan fingerprint density at radius 3 is 2.82 bits per heavy atom. The minimum atomic E-state index is -0.542. The molecule has 0 radical (unpaired) electrons. The number of methoxy groups -OCH3 is 1. The van der Waals surface area contributed by atoms with Gasteiger partial charge in [0.15, 0.2) is 18.1 Å².